The zero-order valence-electron chi connectivity index (χ0n) is 14.2. The maximum atomic E-state index is 6.04. The van der Waals surface area contributed by atoms with Crippen molar-refractivity contribution >= 4 is 0 Å². The Morgan fingerprint density at radius 2 is 0.808 bits per heavy atom. The lowest BCUT2D eigenvalue weighted by Crippen LogP contribution is -1.87. The van der Waals surface area contributed by atoms with Gasteiger partial charge in [0.2, 0.25) is 0 Å². The van der Waals surface area contributed by atoms with Crippen molar-refractivity contribution in [3.63, 3.8) is 0 Å². The first-order chi connectivity index (χ1) is 12.9. The molecular weight excluding hydrogens is 320 g/mol. The molecule has 0 spiro atoms. The molecule has 0 heterocycles. The standard InChI is InChI=1S/C24H18O2/c1-3-9-19(10-4-1)20-11-7-14-22(17-20)26-24-16-8-15-23(18-24)25-21-12-5-2-6-13-21/h1-18H. The molecule has 0 radical (unpaired) electrons. The van der Waals surface area contributed by atoms with Gasteiger partial charge in [-0.15, -0.1) is 0 Å². The number of hydrogen-bond acceptors (Lipinski definition) is 2. The topological polar surface area (TPSA) is 18.5 Å². The van der Waals surface area contributed by atoms with Crippen LogP contribution >= 0.6 is 0 Å². The van der Waals surface area contributed by atoms with Gasteiger partial charge in [0.05, 0.1) is 0 Å². The van der Waals surface area contributed by atoms with Crippen LogP contribution in [-0.2, 0) is 0 Å². The molecule has 0 aliphatic heterocycles. The Morgan fingerprint density at radius 3 is 1.50 bits per heavy atom. The Kier molecular flexibility index (Phi) is 4.66. The SMILES string of the molecule is c1ccc(Oc2cccc(Oc3cccc(-c4ccccc4)c3)c2)cc1. The molecule has 0 fully saturated rings. The van der Waals surface area contributed by atoms with Crippen molar-refractivity contribution in [3.8, 4) is 34.1 Å². The molecule has 0 aromatic heterocycles. The Morgan fingerprint density at radius 1 is 0.346 bits per heavy atom. The molecule has 0 N–H and O–H groups in total. The summed E-state index contributed by atoms with van der Waals surface area (Å²) in [5.41, 5.74) is 2.29. The summed E-state index contributed by atoms with van der Waals surface area (Å²) in [6.45, 7) is 0. The highest BCUT2D eigenvalue weighted by molar-refractivity contribution is 5.65. The summed E-state index contributed by atoms with van der Waals surface area (Å²) in [5, 5.41) is 0. The Bertz CT molecular complexity index is 979. The van der Waals surface area contributed by atoms with Crippen LogP contribution in [0.25, 0.3) is 11.1 Å². The van der Waals surface area contributed by atoms with Gasteiger partial charge in [0.1, 0.15) is 23.0 Å². The highest BCUT2D eigenvalue weighted by Crippen LogP contribution is 2.30. The molecular formula is C24H18O2. The lowest BCUT2D eigenvalue weighted by Gasteiger charge is -2.10. The normalized spacial score (nSPS) is 10.3. The van der Waals surface area contributed by atoms with Gasteiger partial charge in [-0.2, -0.15) is 0 Å². The summed E-state index contributed by atoms with van der Waals surface area (Å²) in [7, 11) is 0. The van der Waals surface area contributed by atoms with E-state index in [1.807, 2.05) is 91.0 Å². The molecule has 0 saturated heterocycles. The van der Waals surface area contributed by atoms with E-state index in [-0.39, 0.29) is 0 Å². The smallest absolute Gasteiger partial charge is 0.131 e. The molecule has 0 bridgehead atoms. The second kappa shape index (κ2) is 7.58. The maximum absolute atomic E-state index is 6.04. The molecule has 0 atom stereocenters. The van der Waals surface area contributed by atoms with E-state index in [1.165, 1.54) is 5.56 Å². The second-order valence-electron chi connectivity index (χ2n) is 5.89. The largest absolute Gasteiger partial charge is 0.457 e. The van der Waals surface area contributed by atoms with Gasteiger partial charge in [-0.1, -0.05) is 66.7 Å². The predicted octanol–water partition coefficient (Wildman–Crippen LogP) is 6.94. The van der Waals surface area contributed by atoms with Gasteiger partial charge in [-0.05, 0) is 47.5 Å². The van der Waals surface area contributed by atoms with Crippen molar-refractivity contribution in [3.05, 3.63) is 109 Å². The molecule has 2 heteroatoms. The van der Waals surface area contributed by atoms with Gasteiger partial charge < -0.3 is 9.47 Å². The van der Waals surface area contributed by atoms with E-state index >= 15 is 0 Å². The van der Waals surface area contributed by atoms with Crippen LogP contribution in [0.15, 0.2) is 109 Å². The van der Waals surface area contributed by atoms with E-state index in [4.69, 9.17) is 9.47 Å². The summed E-state index contributed by atoms with van der Waals surface area (Å²) in [5.74, 6) is 3.08. The number of rotatable bonds is 5. The number of para-hydroxylation sites is 1. The zero-order valence-corrected chi connectivity index (χ0v) is 14.2. The van der Waals surface area contributed by atoms with Gasteiger partial charge in [-0.25, -0.2) is 0 Å². The van der Waals surface area contributed by atoms with E-state index in [0.29, 0.717) is 0 Å². The molecule has 0 amide bonds. The van der Waals surface area contributed by atoms with E-state index in [0.717, 1.165) is 28.6 Å². The van der Waals surface area contributed by atoms with E-state index < -0.39 is 0 Å². The fraction of sp³-hybridized carbons (Fsp3) is 0. The highest BCUT2D eigenvalue weighted by Gasteiger charge is 2.03. The summed E-state index contributed by atoms with van der Waals surface area (Å²) < 4.78 is 11.9. The third-order valence-electron chi connectivity index (χ3n) is 3.96. The van der Waals surface area contributed by atoms with Gasteiger partial charge in [0.25, 0.3) is 0 Å². The second-order valence-corrected chi connectivity index (χ2v) is 5.89. The van der Waals surface area contributed by atoms with Crippen molar-refractivity contribution in [2.45, 2.75) is 0 Å². The molecule has 2 nitrogen and oxygen atoms in total. The Balaban J connectivity index is 1.53. The van der Waals surface area contributed by atoms with Crippen molar-refractivity contribution in [1.29, 1.82) is 0 Å². The highest BCUT2D eigenvalue weighted by atomic mass is 16.5. The maximum Gasteiger partial charge on any atom is 0.131 e. The molecule has 26 heavy (non-hydrogen) atoms. The van der Waals surface area contributed by atoms with Crippen LogP contribution in [0.4, 0.5) is 0 Å². The minimum atomic E-state index is 0.739. The predicted molar refractivity (Wildman–Crippen MR) is 105 cm³/mol. The van der Waals surface area contributed by atoms with E-state index in [9.17, 15) is 0 Å². The van der Waals surface area contributed by atoms with Crippen LogP contribution in [0, 0.1) is 0 Å². The fourth-order valence-electron chi connectivity index (χ4n) is 2.73. The van der Waals surface area contributed by atoms with Crippen LogP contribution in [0.3, 0.4) is 0 Å². The van der Waals surface area contributed by atoms with Crippen LogP contribution in [0.2, 0.25) is 0 Å². The number of ether oxygens (including phenoxy) is 2. The average molecular weight is 338 g/mol. The summed E-state index contributed by atoms with van der Waals surface area (Å²) in [4.78, 5) is 0. The van der Waals surface area contributed by atoms with Crippen molar-refractivity contribution in [1.82, 2.24) is 0 Å². The van der Waals surface area contributed by atoms with Crippen molar-refractivity contribution in [2.75, 3.05) is 0 Å². The molecule has 4 aromatic rings. The molecule has 0 saturated carbocycles. The molecule has 0 aliphatic rings. The molecule has 126 valence electrons. The fourth-order valence-corrected chi connectivity index (χ4v) is 2.73. The third kappa shape index (κ3) is 3.93. The first-order valence-corrected chi connectivity index (χ1v) is 8.53. The molecule has 0 aliphatic carbocycles. The van der Waals surface area contributed by atoms with Gasteiger partial charge in [0.15, 0.2) is 0 Å². The van der Waals surface area contributed by atoms with Crippen LogP contribution in [0.5, 0.6) is 23.0 Å². The molecule has 4 aromatic carbocycles. The van der Waals surface area contributed by atoms with Crippen LogP contribution < -0.4 is 9.47 Å². The third-order valence-corrected chi connectivity index (χ3v) is 3.96. The number of hydrogen-bond donors (Lipinski definition) is 0. The first-order valence-electron chi connectivity index (χ1n) is 8.53. The first kappa shape index (κ1) is 16.0. The van der Waals surface area contributed by atoms with Crippen molar-refractivity contribution < 1.29 is 9.47 Å². The minimum absolute atomic E-state index is 0.739. The molecule has 4 rings (SSSR count). The monoisotopic (exact) mass is 338 g/mol. The van der Waals surface area contributed by atoms with Gasteiger partial charge in [0, 0.05) is 6.07 Å². The van der Waals surface area contributed by atoms with Crippen molar-refractivity contribution in [2.24, 2.45) is 0 Å². The van der Waals surface area contributed by atoms with E-state index in [1.54, 1.807) is 0 Å². The molecule has 0 unspecified atom stereocenters. The summed E-state index contributed by atoms with van der Waals surface area (Å²) in [6.07, 6.45) is 0. The van der Waals surface area contributed by atoms with Crippen LogP contribution in [0.1, 0.15) is 0 Å². The lowest BCUT2D eigenvalue weighted by atomic mass is 10.1. The average Bonchev–Trinajstić information content (AvgIpc) is 2.70. The minimum Gasteiger partial charge on any atom is -0.457 e. The summed E-state index contributed by atoms with van der Waals surface area (Å²) >= 11 is 0. The van der Waals surface area contributed by atoms with Gasteiger partial charge in [-0.3, -0.25) is 0 Å². The Hall–Kier alpha value is -3.52. The quantitative estimate of drug-likeness (QED) is 0.392. The zero-order chi connectivity index (χ0) is 17.6. The Labute approximate surface area is 153 Å². The van der Waals surface area contributed by atoms with Crippen LogP contribution in [-0.4, -0.2) is 0 Å². The van der Waals surface area contributed by atoms with Gasteiger partial charge >= 0.3 is 0 Å². The lowest BCUT2D eigenvalue weighted by molar-refractivity contribution is 0.460. The van der Waals surface area contributed by atoms with E-state index in [2.05, 4.69) is 18.2 Å². The number of benzene rings is 4. The summed E-state index contributed by atoms with van der Waals surface area (Å²) in [6, 6.07) is 35.7.